The SMILES string of the molecule is Cc1cnccc1-c1nc2ccccc2nc1N. The van der Waals surface area contributed by atoms with E-state index in [0.29, 0.717) is 11.5 Å². The average molecular weight is 236 g/mol. The number of nitrogens with two attached hydrogens (primary N) is 1. The molecule has 0 saturated carbocycles. The summed E-state index contributed by atoms with van der Waals surface area (Å²) in [4.78, 5) is 13.1. The van der Waals surface area contributed by atoms with Gasteiger partial charge in [0, 0.05) is 18.0 Å². The zero-order chi connectivity index (χ0) is 12.5. The predicted octanol–water partition coefficient (Wildman–Crippen LogP) is 2.58. The molecule has 4 nitrogen and oxygen atoms in total. The van der Waals surface area contributed by atoms with Gasteiger partial charge in [-0.2, -0.15) is 0 Å². The maximum atomic E-state index is 5.99. The smallest absolute Gasteiger partial charge is 0.150 e. The number of benzene rings is 1. The van der Waals surface area contributed by atoms with E-state index in [2.05, 4.69) is 15.0 Å². The summed E-state index contributed by atoms with van der Waals surface area (Å²) in [6, 6.07) is 9.61. The van der Waals surface area contributed by atoms with E-state index in [1.165, 1.54) is 0 Å². The Morgan fingerprint density at radius 1 is 1.00 bits per heavy atom. The summed E-state index contributed by atoms with van der Waals surface area (Å²) in [6.45, 7) is 1.98. The lowest BCUT2D eigenvalue weighted by molar-refractivity contribution is 1.24. The molecule has 0 aliphatic heterocycles. The molecule has 0 radical (unpaired) electrons. The highest BCUT2D eigenvalue weighted by atomic mass is 14.9. The average Bonchev–Trinajstić information content (AvgIpc) is 2.39. The standard InChI is InChI=1S/C14H12N4/c1-9-8-16-7-6-10(9)13-14(15)18-12-5-3-2-4-11(12)17-13/h2-8H,1H3,(H2,15,18). The zero-order valence-electron chi connectivity index (χ0n) is 9.96. The molecule has 0 spiro atoms. The van der Waals surface area contributed by atoms with Crippen LogP contribution in [0, 0.1) is 6.92 Å². The lowest BCUT2D eigenvalue weighted by atomic mass is 10.1. The van der Waals surface area contributed by atoms with E-state index < -0.39 is 0 Å². The maximum absolute atomic E-state index is 5.99. The van der Waals surface area contributed by atoms with Gasteiger partial charge in [0.05, 0.1) is 11.0 Å². The van der Waals surface area contributed by atoms with Crippen molar-refractivity contribution in [3.05, 3.63) is 48.3 Å². The molecule has 0 atom stereocenters. The first-order chi connectivity index (χ1) is 8.75. The van der Waals surface area contributed by atoms with E-state index in [1.54, 1.807) is 12.4 Å². The molecule has 4 heteroatoms. The maximum Gasteiger partial charge on any atom is 0.150 e. The second-order valence-electron chi connectivity index (χ2n) is 4.14. The number of fused-ring (bicyclic) bond motifs is 1. The number of aromatic nitrogens is 3. The van der Waals surface area contributed by atoms with Crippen molar-refractivity contribution in [2.24, 2.45) is 0 Å². The Labute approximate surface area is 105 Å². The van der Waals surface area contributed by atoms with E-state index in [1.807, 2.05) is 37.3 Å². The van der Waals surface area contributed by atoms with Crippen LogP contribution >= 0.6 is 0 Å². The monoisotopic (exact) mass is 236 g/mol. The zero-order valence-corrected chi connectivity index (χ0v) is 9.96. The van der Waals surface area contributed by atoms with E-state index in [0.717, 1.165) is 22.2 Å². The Kier molecular flexibility index (Phi) is 2.41. The molecule has 0 aliphatic rings. The van der Waals surface area contributed by atoms with Crippen molar-refractivity contribution in [3.8, 4) is 11.3 Å². The summed E-state index contributed by atoms with van der Waals surface area (Å²) >= 11 is 0. The number of aryl methyl sites for hydroxylation is 1. The number of hydrogen-bond acceptors (Lipinski definition) is 4. The first kappa shape index (κ1) is 10.7. The van der Waals surface area contributed by atoms with E-state index in [-0.39, 0.29) is 0 Å². The molecule has 0 saturated heterocycles. The third-order valence-corrected chi connectivity index (χ3v) is 2.87. The fraction of sp³-hybridized carbons (Fsp3) is 0.0714. The van der Waals surface area contributed by atoms with Gasteiger partial charge in [-0.1, -0.05) is 12.1 Å². The molecule has 0 unspecified atom stereocenters. The molecule has 0 aliphatic carbocycles. The van der Waals surface area contributed by atoms with Gasteiger partial charge in [0.2, 0.25) is 0 Å². The molecule has 0 amide bonds. The summed E-state index contributed by atoms with van der Waals surface area (Å²) in [5.74, 6) is 0.447. The summed E-state index contributed by atoms with van der Waals surface area (Å²) in [5, 5.41) is 0. The largest absolute Gasteiger partial charge is 0.382 e. The Hall–Kier alpha value is -2.49. The molecule has 2 N–H and O–H groups in total. The van der Waals surface area contributed by atoms with Gasteiger partial charge in [0.1, 0.15) is 5.69 Å². The van der Waals surface area contributed by atoms with Crippen LogP contribution in [0.25, 0.3) is 22.3 Å². The topological polar surface area (TPSA) is 64.7 Å². The van der Waals surface area contributed by atoms with Crippen molar-refractivity contribution in [2.75, 3.05) is 5.73 Å². The second-order valence-corrected chi connectivity index (χ2v) is 4.14. The fourth-order valence-corrected chi connectivity index (χ4v) is 1.95. The molecule has 18 heavy (non-hydrogen) atoms. The van der Waals surface area contributed by atoms with Crippen LogP contribution in [0.2, 0.25) is 0 Å². The number of pyridine rings is 1. The van der Waals surface area contributed by atoms with Crippen LogP contribution in [0.5, 0.6) is 0 Å². The predicted molar refractivity (Wildman–Crippen MR) is 71.9 cm³/mol. The highest BCUT2D eigenvalue weighted by molar-refractivity contribution is 5.82. The van der Waals surface area contributed by atoms with Crippen molar-refractivity contribution in [3.63, 3.8) is 0 Å². The number of para-hydroxylation sites is 2. The lowest BCUT2D eigenvalue weighted by Gasteiger charge is -2.08. The molecule has 3 aromatic rings. The van der Waals surface area contributed by atoms with Gasteiger partial charge < -0.3 is 5.73 Å². The van der Waals surface area contributed by atoms with Gasteiger partial charge in [0.15, 0.2) is 5.82 Å². The minimum Gasteiger partial charge on any atom is -0.382 e. The van der Waals surface area contributed by atoms with E-state index in [4.69, 9.17) is 5.73 Å². The molecule has 2 aromatic heterocycles. The van der Waals surface area contributed by atoms with Crippen molar-refractivity contribution in [1.82, 2.24) is 15.0 Å². The van der Waals surface area contributed by atoms with Crippen molar-refractivity contribution in [1.29, 1.82) is 0 Å². The fourth-order valence-electron chi connectivity index (χ4n) is 1.95. The number of nitrogens with zero attached hydrogens (tertiary/aromatic N) is 3. The summed E-state index contributed by atoms with van der Waals surface area (Å²) in [5.41, 5.74) is 10.4. The molecule has 88 valence electrons. The summed E-state index contributed by atoms with van der Waals surface area (Å²) in [7, 11) is 0. The lowest BCUT2D eigenvalue weighted by Crippen LogP contribution is -1.99. The molecule has 2 heterocycles. The second kappa shape index (κ2) is 4.07. The third kappa shape index (κ3) is 1.68. The number of rotatable bonds is 1. The van der Waals surface area contributed by atoms with Crippen LogP contribution in [0.3, 0.4) is 0 Å². The minimum atomic E-state index is 0.447. The van der Waals surface area contributed by atoms with Gasteiger partial charge >= 0.3 is 0 Å². The first-order valence-corrected chi connectivity index (χ1v) is 5.69. The summed E-state index contributed by atoms with van der Waals surface area (Å²) < 4.78 is 0. The molecule has 1 aromatic carbocycles. The third-order valence-electron chi connectivity index (χ3n) is 2.87. The molecule has 0 fully saturated rings. The highest BCUT2D eigenvalue weighted by Crippen LogP contribution is 2.26. The van der Waals surface area contributed by atoms with Crippen LogP contribution in [-0.2, 0) is 0 Å². The quantitative estimate of drug-likeness (QED) is 0.705. The van der Waals surface area contributed by atoms with Crippen LogP contribution in [0.4, 0.5) is 5.82 Å². The molecular weight excluding hydrogens is 224 g/mol. The normalized spacial score (nSPS) is 10.7. The van der Waals surface area contributed by atoms with Gasteiger partial charge in [-0.25, -0.2) is 9.97 Å². The molecule has 0 bridgehead atoms. The summed E-state index contributed by atoms with van der Waals surface area (Å²) in [6.07, 6.45) is 3.53. The van der Waals surface area contributed by atoms with E-state index in [9.17, 15) is 0 Å². The first-order valence-electron chi connectivity index (χ1n) is 5.69. The van der Waals surface area contributed by atoms with Gasteiger partial charge in [-0.15, -0.1) is 0 Å². The number of anilines is 1. The van der Waals surface area contributed by atoms with Crippen LogP contribution < -0.4 is 5.73 Å². The Morgan fingerprint density at radius 3 is 2.44 bits per heavy atom. The number of hydrogen-bond donors (Lipinski definition) is 1. The van der Waals surface area contributed by atoms with Gasteiger partial charge in [0.25, 0.3) is 0 Å². The molecule has 3 rings (SSSR count). The van der Waals surface area contributed by atoms with Crippen molar-refractivity contribution in [2.45, 2.75) is 6.92 Å². The Balaban J connectivity index is 2.30. The van der Waals surface area contributed by atoms with Crippen LogP contribution in [0.15, 0.2) is 42.7 Å². The minimum absolute atomic E-state index is 0.447. The van der Waals surface area contributed by atoms with Gasteiger partial charge in [-0.05, 0) is 30.7 Å². The highest BCUT2D eigenvalue weighted by Gasteiger charge is 2.10. The van der Waals surface area contributed by atoms with Crippen molar-refractivity contribution >= 4 is 16.9 Å². The number of nitrogen functional groups attached to an aromatic ring is 1. The van der Waals surface area contributed by atoms with Crippen LogP contribution in [-0.4, -0.2) is 15.0 Å². The Morgan fingerprint density at radius 2 is 1.72 bits per heavy atom. The van der Waals surface area contributed by atoms with Crippen molar-refractivity contribution < 1.29 is 0 Å². The molecular formula is C14H12N4. The van der Waals surface area contributed by atoms with Gasteiger partial charge in [-0.3, -0.25) is 4.98 Å². The van der Waals surface area contributed by atoms with E-state index >= 15 is 0 Å². The Bertz CT molecular complexity index is 722. The van der Waals surface area contributed by atoms with Crippen LogP contribution in [0.1, 0.15) is 5.56 Å².